The van der Waals surface area contributed by atoms with E-state index in [0.717, 1.165) is 11.4 Å². The fourth-order valence-corrected chi connectivity index (χ4v) is 2.15. The van der Waals surface area contributed by atoms with Crippen LogP contribution in [0.1, 0.15) is 6.92 Å². The highest BCUT2D eigenvalue weighted by molar-refractivity contribution is 14.1. The van der Waals surface area contributed by atoms with E-state index in [4.69, 9.17) is 10.5 Å². The van der Waals surface area contributed by atoms with Crippen molar-refractivity contribution in [2.24, 2.45) is 0 Å². The van der Waals surface area contributed by atoms with Gasteiger partial charge >= 0.3 is 0 Å². The number of halogens is 2. The van der Waals surface area contributed by atoms with Crippen LogP contribution in [0.4, 0.5) is 21.5 Å². The molecule has 2 aromatic rings. The van der Waals surface area contributed by atoms with Crippen molar-refractivity contribution in [2.75, 3.05) is 17.7 Å². The fraction of sp³-hybridized carbons (Fsp3) is 0.143. The van der Waals surface area contributed by atoms with E-state index in [2.05, 4.69) is 5.32 Å². The van der Waals surface area contributed by atoms with Gasteiger partial charge in [0.2, 0.25) is 0 Å². The Morgan fingerprint density at radius 1 is 1.32 bits per heavy atom. The van der Waals surface area contributed by atoms with E-state index >= 15 is 0 Å². The Hall–Kier alpha value is -1.50. The molecule has 0 unspecified atom stereocenters. The van der Waals surface area contributed by atoms with Crippen LogP contribution in [0.2, 0.25) is 0 Å². The lowest BCUT2D eigenvalue weighted by Crippen LogP contribution is -1.99. The van der Waals surface area contributed by atoms with E-state index in [1.807, 2.05) is 53.8 Å². The molecule has 0 aliphatic heterocycles. The lowest BCUT2D eigenvalue weighted by Gasteiger charge is -2.11. The molecule has 0 amide bonds. The number of ether oxygens (including phenoxy) is 1. The second-order valence-corrected chi connectivity index (χ2v) is 5.10. The molecule has 100 valence electrons. The van der Waals surface area contributed by atoms with Crippen molar-refractivity contribution in [3.8, 4) is 5.75 Å². The lowest BCUT2D eigenvalue weighted by molar-refractivity contribution is 0.340. The summed E-state index contributed by atoms with van der Waals surface area (Å²) in [5.41, 5.74) is 7.73. The monoisotopic (exact) mass is 372 g/mol. The zero-order valence-electron chi connectivity index (χ0n) is 10.4. The highest BCUT2D eigenvalue weighted by atomic mass is 127. The molecular formula is C14H14FIN2O. The van der Waals surface area contributed by atoms with Crippen LogP contribution in [0.3, 0.4) is 0 Å². The Bertz CT molecular complexity index is 590. The van der Waals surface area contributed by atoms with Crippen molar-refractivity contribution in [1.82, 2.24) is 0 Å². The van der Waals surface area contributed by atoms with E-state index in [1.165, 1.54) is 6.07 Å². The molecule has 0 saturated heterocycles. The van der Waals surface area contributed by atoms with Crippen molar-refractivity contribution in [2.45, 2.75) is 6.92 Å². The fourth-order valence-electron chi connectivity index (χ4n) is 1.66. The van der Waals surface area contributed by atoms with Gasteiger partial charge in [-0.05, 0) is 47.7 Å². The highest BCUT2D eigenvalue weighted by Gasteiger charge is 2.06. The van der Waals surface area contributed by atoms with Gasteiger partial charge in [0.25, 0.3) is 0 Å². The maximum Gasteiger partial charge on any atom is 0.138 e. The third-order valence-electron chi connectivity index (χ3n) is 2.52. The topological polar surface area (TPSA) is 47.3 Å². The van der Waals surface area contributed by atoms with E-state index in [1.54, 1.807) is 6.07 Å². The molecule has 0 bridgehead atoms. The van der Waals surface area contributed by atoms with Crippen LogP contribution in [0, 0.1) is 9.39 Å². The van der Waals surface area contributed by atoms with E-state index in [0.29, 0.717) is 21.6 Å². The Labute approximate surface area is 125 Å². The van der Waals surface area contributed by atoms with Crippen LogP contribution >= 0.6 is 22.6 Å². The van der Waals surface area contributed by atoms with Crippen molar-refractivity contribution < 1.29 is 9.13 Å². The summed E-state index contributed by atoms with van der Waals surface area (Å²) < 4.78 is 19.4. The van der Waals surface area contributed by atoms with E-state index < -0.39 is 0 Å². The maximum atomic E-state index is 13.5. The molecule has 0 radical (unpaired) electrons. The van der Waals surface area contributed by atoms with Crippen LogP contribution in [-0.4, -0.2) is 6.61 Å². The number of nitrogens with two attached hydrogens (primary N) is 1. The number of benzene rings is 2. The number of hydrogen-bond donors (Lipinski definition) is 2. The largest absolute Gasteiger partial charge is 0.494 e. The summed E-state index contributed by atoms with van der Waals surface area (Å²) in [4.78, 5) is 0. The highest BCUT2D eigenvalue weighted by Crippen LogP contribution is 2.28. The van der Waals surface area contributed by atoms with Gasteiger partial charge in [0, 0.05) is 17.8 Å². The first-order valence-corrected chi connectivity index (χ1v) is 6.92. The maximum absolute atomic E-state index is 13.5. The summed E-state index contributed by atoms with van der Waals surface area (Å²) in [5.74, 6) is 0.468. The van der Waals surface area contributed by atoms with Crippen LogP contribution < -0.4 is 15.8 Å². The van der Waals surface area contributed by atoms with E-state index in [-0.39, 0.29) is 5.82 Å². The third-order valence-corrected chi connectivity index (χ3v) is 3.34. The normalized spacial score (nSPS) is 10.3. The van der Waals surface area contributed by atoms with Gasteiger partial charge in [0.05, 0.1) is 21.6 Å². The van der Waals surface area contributed by atoms with Gasteiger partial charge < -0.3 is 15.8 Å². The first-order valence-electron chi connectivity index (χ1n) is 5.84. The Morgan fingerprint density at radius 2 is 2.11 bits per heavy atom. The van der Waals surface area contributed by atoms with Gasteiger partial charge in [0.1, 0.15) is 11.6 Å². The number of nitrogen functional groups attached to an aromatic ring is 1. The van der Waals surface area contributed by atoms with Crippen molar-refractivity contribution in [3.63, 3.8) is 0 Å². The zero-order valence-corrected chi connectivity index (χ0v) is 12.6. The Morgan fingerprint density at radius 3 is 2.84 bits per heavy atom. The molecule has 0 fully saturated rings. The molecule has 0 aliphatic rings. The Kier molecular flexibility index (Phi) is 4.47. The quantitative estimate of drug-likeness (QED) is 0.626. The first kappa shape index (κ1) is 13.9. The molecule has 2 aromatic carbocycles. The molecule has 3 nitrogen and oxygen atoms in total. The summed E-state index contributed by atoms with van der Waals surface area (Å²) in [7, 11) is 0. The summed E-state index contributed by atoms with van der Waals surface area (Å²) in [6.45, 7) is 2.52. The Balaban J connectivity index is 2.25. The number of anilines is 3. The minimum absolute atomic E-state index is 0.293. The van der Waals surface area contributed by atoms with Crippen LogP contribution in [-0.2, 0) is 0 Å². The summed E-state index contributed by atoms with van der Waals surface area (Å²) in [6.07, 6.45) is 0. The van der Waals surface area contributed by atoms with Crippen LogP contribution in [0.5, 0.6) is 5.75 Å². The summed E-state index contributed by atoms with van der Waals surface area (Å²) in [6, 6.07) is 10.4. The molecule has 0 saturated carbocycles. The second kappa shape index (κ2) is 6.10. The van der Waals surface area contributed by atoms with Crippen molar-refractivity contribution in [3.05, 3.63) is 45.8 Å². The zero-order chi connectivity index (χ0) is 13.8. The molecule has 0 atom stereocenters. The van der Waals surface area contributed by atoms with Gasteiger partial charge in [-0.3, -0.25) is 0 Å². The van der Waals surface area contributed by atoms with Crippen molar-refractivity contribution >= 4 is 39.7 Å². The number of hydrogen-bond acceptors (Lipinski definition) is 3. The standard InChI is InChI=1S/C14H14FIN2O/c1-2-19-10-5-3-4-9(6-10)18-14-7-11(15)12(16)8-13(14)17/h3-8,18H,2,17H2,1H3. The van der Waals surface area contributed by atoms with Gasteiger partial charge in [-0.15, -0.1) is 0 Å². The smallest absolute Gasteiger partial charge is 0.138 e. The van der Waals surface area contributed by atoms with Crippen molar-refractivity contribution in [1.29, 1.82) is 0 Å². The van der Waals surface area contributed by atoms with E-state index in [9.17, 15) is 4.39 Å². The van der Waals surface area contributed by atoms with Gasteiger partial charge in [0.15, 0.2) is 0 Å². The second-order valence-electron chi connectivity index (χ2n) is 3.94. The predicted molar refractivity (Wildman–Crippen MR) is 84.4 cm³/mol. The molecule has 2 rings (SSSR count). The SMILES string of the molecule is CCOc1cccc(Nc2cc(F)c(I)cc2N)c1. The number of nitrogens with one attached hydrogen (secondary N) is 1. The first-order chi connectivity index (χ1) is 9.10. The third kappa shape index (κ3) is 3.50. The molecule has 5 heteroatoms. The van der Waals surface area contributed by atoms with Gasteiger partial charge in [-0.25, -0.2) is 4.39 Å². The summed E-state index contributed by atoms with van der Waals surface area (Å²) >= 11 is 1.91. The molecule has 0 spiro atoms. The van der Waals surface area contributed by atoms with Crippen LogP contribution in [0.25, 0.3) is 0 Å². The van der Waals surface area contributed by atoms with Gasteiger partial charge in [-0.2, -0.15) is 0 Å². The molecule has 0 heterocycles. The molecule has 19 heavy (non-hydrogen) atoms. The minimum Gasteiger partial charge on any atom is -0.494 e. The molecule has 3 N–H and O–H groups in total. The number of rotatable bonds is 4. The lowest BCUT2D eigenvalue weighted by atomic mass is 10.2. The van der Waals surface area contributed by atoms with Crippen LogP contribution in [0.15, 0.2) is 36.4 Å². The molecular weight excluding hydrogens is 358 g/mol. The average molecular weight is 372 g/mol. The predicted octanol–water partition coefficient (Wildman–Crippen LogP) is 4.15. The van der Waals surface area contributed by atoms with Gasteiger partial charge in [-0.1, -0.05) is 6.07 Å². The average Bonchev–Trinajstić information content (AvgIpc) is 2.37. The summed E-state index contributed by atoms with van der Waals surface area (Å²) in [5, 5.41) is 3.09. The molecule has 0 aliphatic carbocycles. The minimum atomic E-state index is -0.293. The molecule has 0 aromatic heterocycles.